The molecule has 0 fully saturated rings. The summed E-state index contributed by atoms with van der Waals surface area (Å²) in [5, 5.41) is 15.7. The van der Waals surface area contributed by atoms with E-state index in [9.17, 15) is 9.90 Å². The van der Waals surface area contributed by atoms with Crippen LogP contribution in [0.2, 0.25) is 0 Å². The van der Waals surface area contributed by atoms with Crippen molar-refractivity contribution >= 4 is 40.2 Å². The standard InChI is InChI=1S/C36H52N2O3S2/c1-5-7-9-14-28-18-19-33(29(26-28)15-10-8-6-2)41-22-13-20-37-36(40)32-27-34(43-25-24-42-23-21-38(3)4)30-16-11-12-17-31(30)35(32)39/h11-12,16-19,26-27,39H,5-10,13-15,20-25H2,1-4H3,(H,37,40). The van der Waals surface area contributed by atoms with Gasteiger partial charge in [0.05, 0.1) is 12.2 Å². The number of benzene rings is 3. The smallest absolute Gasteiger partial charge is 0.255 e. The molecule has 0 spiro atoms. The molecule has 0 aliphatic heterocycles. The minimum atomic E-state index is -0.248. The number of carbonyl (C=O) groups is 1. The van der Waals surface area contributed by atoms with Gasteiger partial charge in [-0.2, -0.15) is 11.8 Å². The number of hydrogen-bond donors (Lipinski definition) is 2. The highest BCUT2D eigenvalue weighted by atomic mass is 32.2. The molecule has 236 valence electrons. The maximum Gasteiger partial charge on any atom is 0.255 e. The molecule has 0 heterocycles. The molecule has 3 aromatic carbocycles. The molecule has 0 aliphatic carbocycles. The van der Waals surface area contributed by atoms with Crippen LogP contribution < -0.4 is 10.1 Å². The number of nitrogens with one attached hydrogen (secondary N) is 1. The lowest BCUT2D eigenvalue weighted by molar-refractivity contribution is 0.0949. The van der Waals surface area contributed by atoms with Crippen LogP contribution in [-0.2, 0) is 12.8 Å². The van der Waals surface area contributed by atoms with Gasteiger partial charge in [-0.25, -0.2) is 0 Å². The van der Waals surface area contributed by atoms with Crippen molar-refractivity contribution in [3.8, 4) is 11.5 Å². The molecule has 0 atom stereocenters. The van der Waals surface area contributed by atoms with Crippen molar-refractivity contribution < 1.29 is 14.6 Å². The van der Waals surface area contributed by atoms with Crippen molar-refractivity contribution in [2.45, 2.75) is 76.5 Å². The Hall–Kier alpha value is -2.35. The fourth-order valence-electron chi connectivity index (χ4n) is 5.00. The number of fused-ring (bicyclic) bond motifs is 1. The van der Waals surface area contributed by atoms with Crippen molar-refractivity contribution in [2.75, 3.05) is 51.1 Å². The Morgan fingerprint density at radius 2 is 1.63 bits per heavy atom. The lowest BCUT2D eigenvalue weighted by Crippen LogP contribution is -2.25. The maximum atomic E-state index is 13.2. The molecule has 43 heavy (non-hydrogen) atoms. The van der Waals surface area contributed by atoms with Gasteiger partial charge in [-0.15, -0.1) is 11.8 Å². The average Bonchev–Trinajstić information content (AvgIpc) is 3.00. The van der Waals surface area contributed by atoms with Crippen LogP contribution in [0, 0.1) is 0 Å². The van der Waals surface area contributed by atoms with Crippen LogP contribution in [0.5, 0.6) is 11.5 Å². The molecule has 2 N–H and O–H groups in total. The fourth-order valence-corrected chi connectivity index (χ4v) is 7.26. The second-order valence-corrected chi connectivity index (χ2v) is 13.8. The van der Waals surface area contributed by atoms with Crippen LogP contribution in [0.4, 0.5) is 0 Å². The molecule has 0 saturated carbocycles. The van der Waals surface area contributed by atoms with Gasteiger partial charge in [-0.1, -0.05) is 75.9 Å². The van der Waals surface area contributed by atoms with Gasteiger partial charge >= 0.3 is 0 Å². The number of phenolic OH excluding ortho intramolecular Hbond substituents is 1. The van der Waals surface area contributed by atoms with Crippen molar-refractivity contribution in [3.63, 3.8) is 0 Å². The molecule has 0 unspecified atom stereocenters. The molecule has 0 aromatic heterocycles. The normalized spacial score (nSPS) is 11.4. The van der Waals surface area contributed by atoms with E-state index in [0.29, 0.717) is 25.1 Å². The first-order chi connectivity index (χ1) is 20.9. The third-order valence-electron chi connectivity index (χ3n) is 7.50. The number of ether oxygens (including phenoxy) is 1. The third kappa shape index (κ3) is 11.9. The third-order valence-corrected chi connectivity index (χ3v) is 9.78. The van der Waals surface area contributed by atoms with Crippen LogP contribution in [0.3, 0.4) is 0 Å². The van der Waals surface area contributed by atoms with Gasteiger partial charge < -0.3 is 20.1 Å². The van der Waals surface area contributed by atoms with Gasteiger partial charge in [-0.3, -0.25) is 4.79 Å². The lowest BCUT2D eigenvalue weighted by Gasteiger charge is -2.15. The Bertz CT molecular complexity index is 1260. The first-order valence-electron chi connectivity index (χ1n) is 16.1. The first-order valence-corrected chi connectivity index (χ1v) is 18.2. The van der Waals surface area contributed by atoms with Gasteiger partial charge in [0.2, 0.25) is 0 Å². The number of phenols is 1. The minimum absolute atomic E-state index is 0.0461. The van der Waals surface area contributed by atoms with E-state index in [-0.39, 0.29) is 11.7 Å². The Morgan fingerprint density at radius 1 is 0.884 bits per heavy atom. The zero-order valence-corrected chi connectivity index (χ0v) is 28.4. The SMILES string of the molecule is CCCCCc1ccc(OCCCNC(=O)c2cc(SCCSCCN(C)C)c3ccccc3c2O)c(CCCCC)c1. The minimum Gasteiger partial charge on any atom is -0.506 e. The average molecular weight is 625 g/mol. The molecule has 7 heteroatoms. The number of nitrogens with zero attached hydrogens (tertiary/aromatic N) is 1. The van der Waals surface area contributed by atoms with Crippen LogP contribution >= 0.6 is 23.5 Å². The van der Waals surface area contributed by atoms with E-state index in [0.717, 1.165) is 58.1 Å². The van der Waals surface area contributed by atoms with Gasteiger partial charge in [0.25, 0.3) is 5.91 Å². The summed E-state index contributed by atoms with van der Waals surface area (Å²) in [7, 11) is 4.19. The molecule has 0 radical (unpaired) electrons. The highest BCUT2D eigenvalue weighted by Crippen LogP contribution is 2.37. The fraction of sp³-hybridized carbons (Fsp3) is 0.528. The van der Waals surface area contributed by atoms with Gasteiger partial charge in [-0.05, 0) is 74.8 Å². The molecule has 1 amide bonds. The second-order valence-electron chi connectivity index (χ2n) is 11.4. The van der Waals surface area contributed by atoms with Crippen LogP contribution in [0.15, 0.2) is 53.4 Å². The van der Waals surface area contributed by atoms with Crippen molar-refractivity contribution in [2.24, 2.45) is 0 Å². The lowest BCUT2D eigenvalue weighted by atomic mass is 10.00. The largest absolute Gasteiger partial charge is 0.506 e. The van der Waals surface area contributed by atoms with Gasteiger partial charge in [0.1, 0.15) is 11.5 Å². The van der Waals surface area contributed by atoms with E-state index in [1.807, 2.05) is 42.1 Å². The summed E-state index contributed by atoms with van der Waals surface area (Å²) in [6.07, 6.45) is 10.2. The number of unbranched alkanes of at least 4 members (excludes halogenated alkanes) is 4. The molecule has 0 aliphatic rings. The second kappa shape index (κ2) is 19.8. The van der Waals surface area contributed by atoms with Crippen molar-refractivity contribution in [1.82, 2.24) is 10.2 Å². The first kappa shape index (κ1) is 35.1. The molecule has 5 nitrogen and oxygen atoms in total. The van der Waals surface area contributed by atoms with E-state index in [1.54, 1.807) is 11.8 Å². The van der Waals surface area contributed by atoms with Crippen LogP contribution in [0.25, 0.3) is 10.8 Å². The summed E-state index contributed by atoms with van der Waals surface area (Å²) in [4.78, 5) is 16.4. The summed E-state index contributed by atoms with van der Waals surface area (Å²) in [5.74, 6) is 3.86. The number of aromatic hydroxyl groups is 1. The van der Waals surface area contributed by atoms with Gasteiger partial charge in [0, 0.05) is 40.6 Å². The molecular weight excluding hydrogens is 573 g/mol. The number of rotatable bonds is 21. The topological polar surface area (TPSA) is 61.8 Å². The molecule has 3 aromatic rings. The number of thioether (sulfide) groups is 2. The van der Waals surface area contributed by atoms with Crippen LogP contribution in [0.1, 0.15) is 80.3 Å². The van der Waals surface area contributed by atoms with Crippen molar-refractivity contribution in [3.05, 3.63) is 65.2 Å². The monoisotopic (exact) mass is 624 g/mol. The van der Waals surface area contributed by atoms with E-state index in [1.165, 1.54) is 49.7 Å². The summed E-state index contributed by atoms with van der Waals surface area (Å²) in [5.41, 5.74) is 3.03. The van der Waals surface area contributed by atoms with E-state index >= 15 is 0 Å². The summed E-state index contributed by atoms with van der Waals surface area (Å²) >= 11 is 3.69. The molecular formula is C36H52N2O3S2. The highest BCUT2D eigenvalue weighted by Gasteiger charge is 2.17. The summed E-state index contributed by atoms with van der Waals surface area (Å²) in [6.45, 7) is 6.56. The Labute approximate surface area is 268 Å². The predicted molar refractivity (Wildman–Crippen MR) is 188 cm³/mol. The van der Waals surface area contributed by atoms with Crippen molar-refractivity contribution in [1.29, 1.82) is 0 Å². The van der Waals surface area contributed by atoms with Gasteiger partial charge in [0.15, 0.2) is 0 Å². The maximum absolute atomic E-state index is 13.2. The Balaban J connectivity index is 1.55. The zero-order chi connectivity index (χ0) is 30.9. The summed E-state index contributed by atoms with van der Waals surface area (Å²) < 4.78 is 6.21. The number of aryl methyl sites for hydroxylation is 2. The Kier molecular flexibility index (Phi) is 16.2. The Morgan fingerprint density at radius 3 is 2.37 bits per heavy atom. The molecule has 0 bridgehead atoms. The quantitative estimate of drug-likeness (QED) is 0.0914. The highest BCUT2D eigenvalue weighted by molar-refractivity contribution is 8.03. The summed E-state index contributed by atoms with van der Waals surface area (Å²) in [6, 6.07) is 16.3. The van der Waals surface area contributed by atoms with E-state index in [2.05, 4.69) is 56.4 Å². The molecule has 0 saturated heterocycles. The number of hydrogen-bond acceptors (Lipinski definition) is 6. The van der Waals surface area contributed by atoms with E-state index < -0.39 is 0 Å². The number of carbonyl (C=O) groups excluding carboxylic acids is 1. The van der Waals surface area contributed by atoms with E-state index in [4.69, 9.17) is 4.74 Å². The van der Waals surface area contributed by atoms with Crippen LogP contribution in [-0.4, -0.2) is 67.0 Å². The number of amides is 1. The molecule has 3 rings (SSSR count). The predicted octanol–water partition coefficient (Wildman–Crippen LogP) is 8.60. The zero-order valence-electron chi connectivity index (χ0n) is 26.8.